The fourth-order valence-corrected chi connectivity index (χ4v) is 6.02. The molecule has 35 heavy (non-hydrogen) atoms. The van der Waals surface area contributed by atoms with Crippen molar-refractivity contribution in [3.8, 4) is 11.5 Å². The lowest BCUT2D eigenvalue weighted by atomic mass is 9.72. The first kappa shape index (κ1) is 25.3. The molecule has 1 aliphatic rings. The molecule has 2 aromatic heterocycles. The summed E-state index contributed by atoms with van der Waals surface area (Å²) in [6.45, 7) is 7.18. The SMILES string of the molecule is COc1cc(C=Nc2sc3c(c2C(=O)NCc2ccco2)CC[C@H](C(C)(C)C)C3)cc(Cl)c1OC. The van der Waals surface area contributed by atoms with Crippen LogP contribution in [0.5, 0.6) is 11.5 Å². The Bertz CT molecular complexity index is 1230. The Hall–Kier alpha value is -2.77. The van der Waals surface area contributed by atoms with Crippen molar-refractivity contribution in [2.24, 2.45) is 16.3 Å². The third kappa shape index (κ3) is 5.57. The maximum atomic E-state index is 13.3. The summed E-state index contributed by atoms with van der Waals surface area (Å²) in [5.41, 5.74) is 2.74. The number of hydrogen-bond donors (Lipinski definition) is 1. The summed E-state index contributed by atoms with van der Waals surface area (Å²) in [5.74, 6) is 2.14. The molecular formula is C27H31ClN2O4S. The minimum absolute atomic E-state index is 0.134. The minimum Gasteiger partial charge on any atom is -0.493 e. The molecule has 0 unspecified atom stereocenters. The molecule has 1 amide bonds. The number of nitrogens with zero attached hydrogens (tertiary/aromatic N) is 1. The zero-order valence-electron chi connectivity index (χ0n) is 20.7. The molecule has 6 nitrogen and oxygen atoms in total. The molecule has 3 aromatic rings. The number of hydrogen-bond acceptors (Lipinski definition) is 6. The summed E-state index contributed by atoms with van der Waals surface area (Å²) in [6, 6.07) is 7.24. The summed E-state index contributed by atoms with van der Waals surface area (Å²) in [5, 5.41) is 4.14. The van der Waals surface area contributed by atoms with Crippen LogP contribution in [0, 0.1) is 11.3 Å². The molecule has 1 aromatic carbocycles. The van der Waals surface area contributed by atoms with E-state index in [1.165, 1.54) is 4.88 Å². The highest BCUT2D eigenvalue weighted by Crippen LogP contribution is 2.45. The molecule has 0 bridgehead atoms. The fraction of sp³-hybridized carbons (Fsp3) is 0.407. The molecule has 0 fully saturated rings. The number of aliphatic imine (C=N–C) groups is 1. The topological polar surface area (TPSA) is 73.1 Å². The molecule has 1 atom stereocenters. The van der Waals surface area contributed by atoms with Crippen LogP contribution in [0.3, 0.4) is 0 Å². The number of carbonyl (C=O) groups is 1. The standard InChI is InChI=1S/C27H31ClN2O4S/c1-27(2,3)17-8-9-19-22(13-17)35-26(23(19)25(31)29-15-18-7-6-10-34-18)30-14-16-11-20(28)24(33-5)21(12-16)32-4/h6-7,10-12,14,17H,8-9,13,15H2,1-5H3,(H,29,31)/t17-/m0/s1. The second-order valence-corrected chi connectivity index (χ2v) is 11.2. The van der Waals surface area contributed by atoms with Gasteiger partial charge in [-0.2, -0.15) is 0 Å². The van der Waals surface area contributed by atoms with Crippen molar-refractivity contribution in [2.75, 3.05) is 14.2 Å². The number of nitrogens with one attached hydrogen (secondary N) is 1. The molecule has 186 valence electrons. The van der Waals surface area contributed by atoms with Crippen LogP contribution in [0.2, 0.25) is 5.02 Å². The largest absolute Gasteiger partial charge is 0.493 e. The molecular weight excluding hydrogens is 484 g/mol. The molecule has 4 rings (SSSR count). The molecule has 0 saturated heterocycles. The number of amides is 1. The van der Waals surface area contributed by atoms with Crippen LogP contribution in [0.15, 0.2) is 39.9 Å². The first-order valence-corrected chi connectivity index (χ1v) is 12.8. The highest BCUT2D eigenvalue weighted by molar-refractivity contribution is 7.16. The van der Waals surface area contributed by atoms with Crippen LogP contribution in [-0.2, 0) is 19.4 Å². The van der Waals surface area contributed by atoms with E-state index in [-0.39, 0.29) is 11.3 Å². The normalized spacial score (nSPS) is 15.8. The number of methoxy groups -OCH3 is 2. The predicted molar refractivity (Wildman–Crippen MR) is 141 cm³/mol. The van der Waals surface area contributed by atoms with Crippen LogP contribution in [0.25, 0.3) is 0 Å². The van der Waals surface area contributed by atoms with E-state index in [1.54, 1.807) is 44.1 Å². The van der Waals surface area contributed by atoms with Gasteiger partial charge < -0.3 is 19.2 Å². The summed E-state index contributed by atoms with van der Waals surface area (Å²) in [7, 11) is 3.11. The number of furan rings is 1. The first-order valence-electron chi connectivity index (χ1n) is 11.6. The van der Waals surface area contributed by atoms with E-state index in [4.69, 9.17) is 30.5 Å². The second-order valence-electron chi connectivity index (χ2n) is 9.75. The lowest BCUT2D eigenvalue weighted by Crippen LogP contribution is -2.28. The third-order valence-corrected chi connectivity index (χ3v) is 7.93. The van der Waals surface area contributed by atoms with Crippen LogP contribution in [-0.4, -0.2) is 26.3 Å². The van der Waals surface area contributed by atoms with Gasteiger partial charge in [-0.25, -0.2) is 4.99 Å². The highest BCUT2D eigenvalue weighted by atomic mass is 35.5. The number of fused-ring (bicyclic) bond motifs is 1. The van der Waals surface area contributed by atoms with Gasteiger partial charge in [-0.15, -0.1) is 11.3 Å². The molecule has 1 N–H and O–H groups in total. The van der Waals surface area contributed by atoms with Gasteiger partial charge in [0.05, 0.1) is 37.6 Å². The van der Waals surface area contributed by atoms with Gasteiger partial charge in [-0.3, -0.25) is 4.79 Å². The lowest BCUT2D eigenvalue weighted by Gasteiger charge is -2.33. The maximum Gasteiger partial charge on any atom is 0.255 e. The molecule has 1 aliphatic carbocycles. The zero-order chi connectivity index (χ0) is 25.2. The summed E-state index contributed by atoms with van der Waals surface area (Å²) < 4.78 is 16.1. The maximum absolute atomic E-state index is 13.3. The van der Waals surface area contributed by atoms with Gasteiger partial charge in [-0.05, 0) is 66.0 Å². The molecule has 0 radical (unpaired) electrons. The number of rotatable bonds is 7. The van der Waals surface area contributed by atoms with Crippen molar-refractivity contribution in [3.63, 3.8) is 0 Å². The average molecular weight is 515 g/mol. The van der Waals surface area contributed by atoms with Gasteiger partial charge in [0, 0.05) is 11.1 Å². The quantitative estimate of drug-likeness (QED) is 0.350. The van der Waals surface area contributed by atoms with E-state index in [2.05, 4.69) is 26.1 Å². The first-order chi connectivity index (χ1) is 16.7. The van der Waals surface area contributed by atoms with Crippen molar-refractivity contribution in [1.29, 1.82) is 0 Å². The van der Waals surface area contributed by atoms with E-state index in [1.807, 2.05) is 18.2 Å². The number of ether oxygens (including phenoxy) is 2. The summed E-state index contributed by atoms with van der Waals surface area (Å²) >= 11 is 7.97. The Balaban J connectivity index is 1.68. The van der Waals surface area contributed by atoms with Gasteiger partial charge in [0.2, 0.25) is 0 Å². The van der Waals surface area contributed by atoms with Crippen LogP contribution in [0.4, 0.5) is 5.00 Å². The Morgan fingerprint density at radius 1 is 1.31 bits per heavy atom. The molecule has 0 aliphatic heterocycles. The number of thiophene rings is 1. The fourth-order valence-electron chi connectivity index (χ4n) is 4.45. The Labute approximate surface area is 215 Å². The average Bonchev–Trinajstić information content (AvgIpc) is 3.47. The van der Waals surface area contributed by atoms with Gasteiger partial charge >= 0.3 is 0 Å². The zero-order valence-corrected chi connectivity index (χ0v) is 22.3. The summed E-state index contributed by atoms with van der Waals surface area (Å²) in [4.78, 5) is 19.4. The lowest BCUT2D eigenvalue weighted by molar-refractivity contribution is 0.0947. The van der Waals surface area contributed by atoms with Gasteiger partial charge in [0.15, 0.2) is 11.5 Å². The van der Waals surface area contributed by atoms with Gasteiger partial charge in [0.25, 0.3) is 5.91 Å². The van der Waals surface area contributed by atoms with E-state index in [0.717, 1.165) is 30.4 Å². The van der Waals surface area contributed by atoms with Crippen molar-refractivity contribution in [3.05, 3.63) is 62.9 Å². The number of carbonyl (C=O) groups excluding carboxylic acids is 1. The smallest absolute Gasteiger partial charge is 0.255 e. The van der Waals surface area contributed by atoms with Crippen LogP contribution < -0.4 is 14.8 Å². The van der Waals surface area contributed by atoms with Crippen LogP contribution >= 0.6 is 22.9 Å². The molecule has 2 heterocycles. The number of halogens is 1. The Morgan fingerprint density at radius 2 is 2.11 bits per heavy atom. The van der Waals surface area contributed by atoms with E-state index >= 15 is 0 Å². The van der Waals surface area contributed by atoms with Crippen LogP contribution in [0.1, 0.15) is 59.3 Å². The predicted octanol–water partition coefficient (Wildman–Crippen LogP) is 6.84. The van der Waals surface area contributed by atoms with Crippen molar-refractivity contribution in [2.45, 2.75) is 46.6 Å². The Morgan fingerprint density at radius 3 is 2.77 bits per heavy atom. The molecule has 0 saturated carbocycles. The molecule has 8 heteroatoms. The van der Waals surface area contributed by atoms with Gasteiger partial charge in [0.1, 0.15) is 10.8 Å². The monoisotopic (exact) mass is 514 g/mol. The molecule has 0 spiro atoms. The third-order valence-electron chi connectivity index (χ3n) is 6.49. The Kier molecular flexibility index (Phi) is 7.57. The van der Waals surface area contributed by atoms with E-state index in [9.17, 15) is 4.79 Å². The van der Waals surface area contributed by atoms with Crippen molar-refractivity contribution in [1.82, 2.24) is 5.32 Å². The second kappa shape index (κ2) is 10.5. The number of benzene rings is 1. The minimum atomic E-state index is -0.134. The van der Waals surface area contributed by atoms with E-state index < -0.39 is 0 Å². The van der Waals surface area contributed by atoms with E-state index in [0.29, 0.717) is 45.3 Å². The van der Waals surface area contributed by atoms with Crippen molar-refractivity contribution < 1.29 is 18.7 Å². The van der Waals surface area contributed by atoms with Gasteiger partial charge in [-0.1, -0.05) is 32.4 Å². The highest BCUT2D eigenvalue weighted by Gasteiger charge is 2.33. The van der Waals surface area contributed by atoms with Crippen molar-refractivity contribution >= 4 is 40.1 Å². The summed E-state index contributed by atoms with van der Waals surface area (Å²) in [6.07, 6.45) is 6.20.